The monoisotopic (exact) mass is 354 g/mol. The van der Waals surface area contributed by atoms with Gasteiger partial charge >= 0.3 is 0 Å². The van der Waals surface area contributed by atoms with Crippen molar-refractivity contribution in [2.45, 2.75) is 9.79 Å². The molecule has 0 saturated heterocycles. The van der Waals surface area contributed by atoms with Crippen LogP contribution in [0.25, 0.3) is 0 Å². The van der Waals surface area contributed by atoms with Gasteiger partial charge in [-0.2, -0.15) is 0 Å². The topological polar surface area (TPSA) is 103 Å². The number of hydrogen-bond acceptors (Lipinski definition) is 6. The van der Waals surface area contributed by atoms with Gasteiger partial charge < -0.3 is 0 Å². The maximum absolute atomic E-state index is 10.9. The molecular formula is C14H14N2O5S2. The molecule has 0 aliphatic rings. The molecule has 1 atom stereocenters. The van der Waals surface area contributed by atoms with Gasteiger partial charge in [-0.3, -0.25) is 24.4 Å². The molecule has 0 amide bonds. The van der Waals surface area contributed by atoms with Crippen LogP contribution in [0, 0.1) is 20.2 Å². The molecule has 2 aromatic carbocycles. The Morgan fingerprint density at radius 1 is 0.870 bits per heavy atom. The van der Waals surface area contributed by atoms with Gasteiger partial charge in [-0.25, -0.2) is 0 Å². The van der Waals surface area contributed by atoms with Crippen LogP contribution < -0.4 is 0 Å². The van der Waals surface area contributed by atoms with Crippen LogP contribution in [0.2, 0.25) is 0 Å². The maximum Gasteiger partial charge on any atom is 0.269 e. The van der Waals surface area contributed by atoms with E-state index in [0.717, 1.165) is 4.90 Å². The number of nitro groups is 2. The van der Waals surface area contributed by atoms with Crippen LogP contribution in [-0.2, 0) is 10.8 Å². The lowest BCUT2D eigenvalue weighted by Crippen LogP contribution is -1.90. The summed E-state index contributed by atoms with van der Waals surface area (Å²) in [6.07, 6.45) is 3.46. The zero-order valence-electron chi connectivity index (χ0n) is 12.4. The van der Waals surface area contributed by atoms with Crippen molar-refractivity contribution < 1.29 is 14.1 Å². The maximum atomic E-state index is 10.9. The fraction of sp³-hybridized carbons (Fsp3) is 0.143. The molecular weight excluding hydrogens is 340 g/mol. The highest BCUT2D eigenvalue weighted by atomic mass is 32.2. The van der Waals surface area contributed by atoms with Gasteiger partial charge in [0.15, 0.2) is 0 Å². The lowest BCUT2D eigenvalue weighted by atomic mass is 10.3. The Morgan fingerprint density at radius 3 is 1.57 bits per heavy atom. The van der Waals surface area contributed by atoms with Crippen molar-refractivity contribution >= 4 is 33.9 Å². The fourth-order valence-electron chi connectivity index (χ4n) is 1.46. The van der Waals surface area contributed by atoms with Crippen molar-refractivity contribution in [2.75, 3.05) is 12.5 Å². The first-order valence-electron chi connectivity index (χ1n) is 6.21. The third kappa shape index (κ3) is 6.17. The fourth-order valence-corrected chi connectivity index (χ4v) is 2.39. The Morgan fingerprint density at radius 2 is 1.26 bits per heavy atom. The third-order valence-corrected chi connectivity index (χ3v) is 4.34. The summed E-state index contributed by atoms with van der Waals surface area (Å²) in [5.74, 6) is 0. The van der Waals surface area contributed by atoms with Gasteiger partial charge in [-0.15, -0.1) is 11.8 Å². The van der Waals surface area contributed by atoms with Crippen molar-refractivity contribution in [3.05, 3.63) is 68.8 Å². The summed E-state index contributed by atoms with van der Waals surface area (Å²) in [6, 6.07) is 12.2. The average molecular weight is 354 g/mol. The molecule has 0 spiro atoms. The van der Waals surface area contributed by atoms with Crippen LogP contribution in [0.5, 0.6) is 0 Å². The van der Waals surface area contributed by atoms with Gasteiger partial charge in [-0.05, 0) is 30.5 Å². The molecule has 0 bridgehead atoms. The van der Waals surface area contributed by atoms with E-state index in [1.54, 1.807) is 23.9 Å². The number of non-ortho nitro benzene ring substituents is 2. The normalized spacial score (nSPS) is 11.0. The molecule has 2 rings (SSSR count). The minimum atomic E-state index is -1.07. The zero-order valence-corrected chi connectivity index (χ0v) is 14.0. The molecule has 7 nitrogen and oxygen atoms in total. The zero-order chi connectivity index (χ0) is 17.4. The van der Waals surface area contributed by atoms with E-state index in [1.807, 2.05) is 6.26 Å². The number of rotatable bonds is 4. The molecule has 0 saturated carbocycles. The number of benzene rings is 2. The average Bonchev–Trinajstić information content (AvgIpc) is 2.55. The van der Waals surface area contributed by atoms with Gasteiger partial charge in [0, 0.05) is 51.1 Å². The Balaban J connectivity index is 0.000000231. The molecule has 0 radical (unpaired) electrons. The molecule has 1 unspecified atom stereocenters. The van der Waals surface area contributed by atoms with E-state index in [0.29, 0.717) is 4.90 Å². The van der Waals surface area contributed by atoms with E-state index in [1.165, 1.54) is 42.7 Å². The molecule has 23 heavy (non-hydrogen) atoms. The van der Waals surface area contributed by atoms with E-state index in [4.69, 9.17) is 0 Å². The summed E-state index contributed by atoms with van der Waals surface area (Å²) in [5, 5.41) is 20.4. The molecule has 0 aromatic heterocycles. The summed E-state index contributed by atoms with van der Waals surface area (Å²) in [4.78, 5) is 21.2. The second-order valence-electron chi connectivity index (χ2n) is 4.16. The van der Waals surface area contributed by atoms with Crippen molar-refractivity contribution in [1.29, 1.82) is 0 Å². The van der Waals surface area contributed by atoms with Crippen LogP contribution in [-0.4, -0.2) is 26.6 Å². The van der Waals surface area contributed by atoms with Crippen LogP contribution in [0.15, 0.2) is 58.3 Å². The van der Waals surface area contributed by atoms with Crippen molar-refractivity contribution in [3.8, 4) is 0 Å². The first-order chi connectivity index (χ1) is 10.8. The molecule has 9 heteroatoms. The second kappa shape index (κ2) is 9.01. The molecule has 122 valence electrons. The summed E-state index contributed by atoms with van der Waals surface area (Å²) in [5.41, 5.74) is 0.159. The first-order valence-corrected chi connectivity index (χ1v) is 8.99. The summed E-state index contributed by atoms with van der Waals surface area (Å²) < 4.78 is 10.9. The minimum Gasteiger partial charge on any atom is -0.258 e. The number of nitrogens with zero attached hydrogens (tertiary/aromatic N) is 2. The SMILES string of the molecule is CS(=O)c1ccc([N+](=O)[O-])cc1.CSc1ccc([N+](=O)[O-])cc1. The van der Waals surface area contributed by atoms with Crippen molar-refractivity contribution in [2.24, 2.45) is 0 Å². The highest BCUT2D eigenvalue weighted by molar-refractivity contribution is 7.98. The summed E-state index contributed by atoms with van der Waals surface area (Å²) in [7, 11) is -1.07. The quantitative estimate of drug-likeness (QED) is 0.471. The standard InChI is InChI=1S/C7H7NO3S.C7H7NO2S/c1-12(11)7-4-2-6(3-5-7)8(9)10;1-11-7-4-2-6(3-5-7)8(9)10/h2-5H,1H3;2-5H,1H3. The number of thioether (sulfide) groups is 1. The molecule has 0 aliphatic carbocycles. The van der Waals surface area contributed by atoms with Crippen molar-refractivity contribution in [3.63, 3.8) is 0 Å². The largest absolute Gasteiger partial charge is 0.269 e. The van der Waals surface area contributed by atoms with E-state index < -0.39 is 20.6 Å². The van der Waals surface area contributed by atoms with Gasteiger partial charge in [0.1, 0.15) is 0 Å². The lowest BCUT2D eigenvalue weighted by Gasteiger charge is -1.94. The first kappa shape index (κ1) is 18.8. The van der Waals surface area contributed by atoms with Crippen LogP contribution in [0.3, 0.4) is 0 Å². The molecule has 0 fully saturated rings. The van der Waals surface area contributed by atoms with E-state index in [-0.39, 0.29) is 11.4 Å². The van der Waals surface area contributed by atoms with Gasteiger partial charge in [-0.1, -0.05) is 0 Å². The van der Waals surface area contributed by atoms with Gasteiger partial charge in [0.2, 0.25) is 0 Å². The predicted octanol–water partition coefficient (Wildman–Crippen LogP) is 3.65. The van der Waals surface area contributed by atoms with E-state index in [9.17, 15) is 24.4 Å². The highest BCUT2D eigenvalue weighted by Gasteiger charge is 2.04. The molecule has 0 heterocycles. The van der Waals surface area contributed by atoms with Gasteiger partial charge in [0.25, 0.3) is 11.4 Å². The lowest BCUT2D eigenvalue weighted by molar-refractivity contribution is -0.385. The number of hydrogen-bond donors (Lipinski definition) is 0. The minimum absolute atomic E-state index is 0.0178. The Labute approximate surface area is 139 Å². The molecule has 0 N–H and O–H groups in total. The van der Waals surface area contributed by atoms with E-state index >= 15 is 0 Å². The van der Waals surface area contributed by atoms with Crippen molar-refractivity contribution in [1.82, 2.24) is 0 Å². The van der Waals surface area contributed by atoms with Crippen LogP contribution in [0.4, 0.5) is 11.4 Å². The number of nitro benzene ring substituents is 2. The second-order valence-corrected chi connectivity index (χ2v) is 6.42. The Hall–Kier alpha value is -2.26. The smallest absolute Gasteiger partial charge is 0.258 e. The highest BCUT2D eigenvalue weighted by Crippen LogP contribution is 2.18. The van der Waals surface area contributed by atoms with Crippen LogP contribution in [0.1, 0.15) is 0 Å². The Bertz CT molecular complexity index is 669. The third-order valence-electron chi connectivity index (χ3n) is 2.66. The van der Waals surface area contributed by atoms with Crippen LogP contribution >= 0.6 is 11.8 Å². The summed E-state index contributed by atoms with van der Waals surface area (Å²) in [6.45, 7) is 0. The summed E-state index contributed by atoms with van der Waals surface area (Å²) >= 11 is 1.57. The Kier molecular flexibility index (Phi) is 7.36. The molecule has 2 aromatic rings. The molecule has 0 aliphatic heterocycles. The van der Waals surface area contributed by atoms with Gasteiger partial charge in [0.05, 0.1) is 9.85 Å². The van der Waals surface area contributed by atoms with E-state index in [2.05, 4.69) is 0 Å². The predicted molar refractivity (Wildman–Crippen MR) is 90.3 cm³/mol.